The van der Waals surface area contributed by atoms with Crippen LogP contribution in [-0.2, 0) is 18.0 Å². The Balaban J connectivity index is 1.67. The number of carbonyl (C=O) groups excluding carboxylic acids is 2. The van der Waals surface area contributed by atoms with Crippen LogP contribution in [0.15, 0.2) is 36.7 Å². The van der Waals surface area contributed by atoms with Crippen molar-refractivity contribution in [3.8, 4) is 5.75 Å². The summed E-state index contributed by atoms with van der Waals surface area (Å²) in [6.45, 7) is 2.24. The highest BCUT2D eigenvalue weighted by Crippen LogP contribution is 2.28. The first-order valence-electron chi connectivity index (χ1n) is 8.89. The number of amides is 1. The number of ether oxygens (including phenoxy) is 2. The van der Waals surface area contributed by atoms with Crippen molar-refractivity contribution in [3.05, 3.63) is 63.2 Å². The van der Waals surface area contributed by atoms with E-state index in [9.17, 15) is 19.7 Å². The zero-order valence-corrected chi connectivity index (χ0v) is 17.2. The predicted molar refractivity (Wildman–Crippen MR) is 108 cm³/mol. The SMILES string of the molecule is CCn1cc(NC(=O)c2ccn(COc3ccc([N+](=O)[O-])cc3Cl)n2)c(C(=O)OC)n1. The molecule has 1 amide bonds. The van der Waals surface area contributed by atoms with E-state index < -0.39 is 16.8 Å². The van der Waals surface area contributed by atoms with Crippen LogP contribution in [0.2, 0.25) is 5.02 Å². The number of nitro groups is 1. The van der Waals surface area contributed by atoms with Crippen molar-refractivity contribution in [2.45, 2.75) is 20.2 Å². The number of methoxy groups -OCH3 is 1. The molecule has 2 aromatic heterocycles. The second kappa shape index (κ2) is 9.26. The summed E-state index contributed by atoms with van der Waals surface area (Å²) in [7, 11) is 1.22. The number of esters is 1. The fraction of sp³-hybridized carbons (Fsp3) is 0.222. The zero-order valence-electron chi connectivity index (χ0n) is 16.4. The van der Waals surface area contributed by atoms with Gasteiger partial charge in [0.25, 0.3) is 11.6 Å². The molecule has 3 aromatic rings. The molecule has 1 N–H and O–H groups in total. The van der Waals surface area contributed by atoms with E-state index in [0.29, 0.717) is 6.54 Å². The topological polar surface area (TPSA) is 143 Å². The zero-order chi connectivity index (χ0) is 22.5. The molecule has 0 saturated carbocycles. The maximum absolute atomic E-state index is 12.5. The van der Waals surface area contributed by atoms with E-state index in [4.69, 9.17) is 16.3 Å². The van der Waals surface area contributed by atoms with Gasteiger partial charge in [-0.05, 0) is 19.1 Å². The highest BCUT2D eigenvalue weighted by Gasteiger charge is 2.20. The summed E-state index contributed by atoms with van der Waals surface area (Å²) < 4.78 is 13.0. The molecule has 12 nitrogen and oxygen atoms in total. The predicted octanol–water partition coefficient (Wildman–Crippen LogP) is 2.74. The van der Waals surface area contributed by atoms with Gasteiger partial charge in [-0.15, -0.1) is 0 Å². The average molecular weight is 449 g/mol. The Morgan fingerprint density at radius 3 is 2.68 bits per heavy atom. The van der Waals surface area contributed by atoms with Crippen molar-refractivity contribution >= 4 is 34.9 Å². The lowest BCUT2D eigenvalue weighted by atomic mass is 10.3. The Hall–Kier alpha value is -3.93. The first kappa shape index (κ1) is 21.8. The third-order valence-electron chi connectivity index (χ3n) is 4.06. The smallest absolute Gasteiger partial charge is 0.360 e. The van der Waals surface area contributed by atoms with Crippen LogP contribution in [-0.4, -0.2) is 43.5 Å². The van der Waals surface area contributed by atoms with Crippen LogP contribution in [0.25, 0.3) is 0 Å². The Morgan fingerprint density at radius 2 is 2.03 bits per heavy atom. The number of nitrogens with zero attached hydrogens (tertiary/aromatic N) is 5. The first-order chi connectivity index (χ1) is 14.8. The van der Waals surface area contributed by atoms with Crippen LogP contribution in [0.5, 0.6) is 5.75 Å². The molecule has 13 heteroatoms. The maximum atomic E-state index is 12.5. The van der Waals surface area contributed by atoms with E-state index >= 15 is 0 Å². The second-order valence-corrected chi connectivity index (χ2v) is 6.49. The number of aromatic nitrogens is 4. The van der Waals surface area contributed by atoms with E-state index in [0.717, 1.165) is 0 Å². The third-order valence-corrected chi connectivity index (χ3v) is 4.36. The van der Waals surface area contributed by atoms with Crippen molar-refractivity contribution in [1.82, 2.24) is 19.6 Å². The molecule has 162 valence electrons. The number of hydrogen-bond acceptors (Lipinski definition) is 8. The van der Waals surface area contributed by atoms with Crippen LogP contribution < -0.4 is 10.1 Å². The number of anilines is 1. The van der Waals surface area contributed by atoms with Crippen LogP contribution in [0.1, 0.15) is 27.9 Å². The van der Waals surface area contributed by atoms with E-state index in [1.165, 1.54) is 53.1 Å². The molecule has 0 aliphatic rings. The van der Waals surface area contributed by atoms with Gasteiger partial charge in [0, 0.05) is 31.1 Å². The Morgan fingerprint density at radius 1 is 1.26 bits per heavy atom. The number of non-ortho nitro benzene ring substituents is 1. The lowest BCUT2D eigenvalue weighted by Gasteiger charge is -2.07. The van der Waals surface area contributed by atoms with Gasteiger partial charge in [0.15, 0.2) is 18.1 Å². The molecule has 0 unspecified atom stereocenters. The average Bonchev–Trinajstić information content (AvgIpc) is 3.39. The molecule has 0 saturated heterocycles. The summed E-state index contributed by atoms with van der Waals surface area (Å²) in [6, 6.07) is 5.27. The highest BCUT2D eigenvalue weighted by molar-refractivity contribution is 6.32. The lowest BCUT2D eigenvalue weighted by Crippen LogP contribution is -2.16. The van der Waals surface area contributed by atoms with E-state index in [2.05, 4.69) is 20.3 Å². The molecule has 1 aromatic carbocycles. The Labute approximate surface area is 180 Å². The van der Waals surface area contributed by atoms with Gasteiger partial charge in [-0.2, -0.15) is 10.2 Å². The minimum atomic E-state index is -0.679. The van der Waals surface area contributed by atoms with Crippen molar-refractivity contribution in [2.75, 3.05) is 12.4 Å². The number of halogens is 1. The van der Waals surface area contributed by atoms with Crippen LogP contribution >= 0.6 is 11.6 Å². The van der Waals surface area contributed by atoms with Crippen LogP contribution in [0.3, 0.4) is 0 Å². The molecule has 0 spiro atoms. The number of carbonyl (C=O) groups is 2. The van der Waals surface area contributed by atoms with E-state index in [1.54, 1.807) is 0 Å². The van der Waals surface area contributed by atoms with Gasteiger partial charge in [0.2, 0.25) is 0 Å². The summed E-state index contributed by atoms with van der Waals surface area (Å²) in [5, 5.41) is 21.6. The molecule has 3 rings (SSSR count). The maximum Gasteiger partial charge on any atom is 0.360 e. The quantitative estimate of drug-likeness (QED) is 0.314. The molecule has 2 heterocycles. The van der Waals surface area contributed by atoms with Gasteiger partial charge < -0.3 is 14.8 Å². The molecule has 0 radical (unpaired) electrons. The number of nitrogens with one attached hydrogen (secondary N) is 1. The second-order valence-electron chi connectivity index (χ2n) is 6.08. The number of hydrogen-bond donors (Lipinski definition) is 1. The minimum absolute atomic E-state index is 0.0201. The standard InChI is InChI=1S/C18H17ClN6O6/c1-3-23-9-14(16(22-23)18(27)30-2)20-17(26)13-6-7-24(21-13)10-31-15-5-4-11(25(28)29)8-12(15)19/h4-9H,3,10H2,1-2H3,(H,20,26). The number of benzene rings is 1. The summed E-state index contributed by atoms with van der Waals surface area (Å²) in [6.07, 6.45) is 3.02. The lowest BCUT2D eigenvalue weighted by molar-refractivity contribution is -0.384. The number of rotatable bonds is 8. The number of nitro benzene ring substituents is 1. The largest absolute Gasteiger partial charge is 0.470 e. The molecule has 0 atom stereocenters. The molecule has 0 aliphatic heterocycles. The van der Waals surface area contributed by atoms with Crippen molar-refractivity contribution < 1.29 is 24.0 Å². The molecule has 0 aliphatic carbocycles. The van der Waals surface area contributed by atoms with E-state index in [-0.39, 0.29) is 40.3 Å². The molecule has 0 bridgehead atoms. The summed E-state index contributed by atoms with van der Waals surface area (Å²) in [4.78, 5) is 34.6. The molecule has 0 fully saturated rings. The fourth-order valence-electron chi connectivity index (χ4n) is 2.52. The van der Waals surface area contributed by atoms with Crippen molar-refractivity contribution in [3.63, 3.8) is 0 Å². The number of aryl methyl sites for hydroxylation is 1. The normalized spacial score (nSPS) is 10.5. The fourth-order valence-corrected chi connectivity index (χ4v) is 2.75. The third kappa shape index (κ3) is 4.98. The minimum Gasteiger partial charge on any atom is -0.470 e. The first-order valence-corrected chi connectivity index (χ1v) is 9.27. The van der Waals surface area contributed by atoms with Crippen LogP contribution in [0, 0.1) is 10.1 Å². The summed E-state index contributed by atoms with van der Waals surface area (Å²) >= 11 is 5.98. The molecule has 31 heavy (non-hydrogen) atoms. The molecular formula is C18H17ClN6O6. The molecular weight excluding hydrogens is 432 g/mol. The van der Waals surface area contributed by atoms with Gasteiger partial charge in [-0.3, -0.25) is 19.6 Å². The van der Waals surface area contributed by atoms with Gasteiger partial charge in [-0.1, -0.05) is 11.6 Å². The Bertz CT molecular complexity index is 1140. The van der Waals surface area contributed by atoms with Crippen LogP contribution in [0.4, 0.5) is 11.4 Å². The van der Waals surface area contributed by atoms with Gasteiger partial charge >= 0.3 is 5.97 Å². The summed E-state index contributed by atoms with van der Waals surface area (Å²) in [5.41, 5.74) is 0.0852. The van der Waals surface area contributed by atoms with Gasteiger partial charge in [0.05, 0.1) is 22.7 Å². The highest BCUT2D eigenvalue weighted by atomic mass is 35.5. The Kier molecular flexibility index (Phi) is 6.50. The van der Waals surface area contributed by atoms with Gasteiger partial charge in [-0.25, -0.2) is 9.48 Å². The summed E-state index contributed by atoms with van der Waals surface area (Å²) in [5.74, 6) is -1.02. The van der Waals surface area contributed by atoms with E-state index in [1.807, 2.05) is 6.92 Å². The van der Waals surface area contributed by atoms with Crippen molar-refractivity contribution in [1.29, 1.82) is 0 Å². The van der Waals surface area contributed by atoms with Crippen molar-refractivity contribution in [2.24, 2.45) is 0 Å². The monoisotopic (exact) mass is 448 g/mol. The van der Waals surface area contributed by atoms with Gasteiger partial charge in [0.1, 0.15) is 5.75 Å².